The average Bonchev–Trinajstić information content (AvgIpc) is 2.48. The van der Waals surface area contributed by atoms with Crippen LogP contribution in [0, 0.1) is 18.6 Å². The first-order valence-electron chi connectivity index (χ1n) is 6.48. The molecule has 1 heterocycles. The van der Waals surface area contributed by atoms with E-state index in [0.29, 0.717) is 12.4 Å². The number of hydrogen-bond donors (Lipinski definition) is 2. The van der Waals surface area contributed by atoms with Crippen LogP contribution in [0.15, 0.2) is 30.5 Å². The van der Waals surface area contributed by atoms with Crippen LogP contribution >= 0.6 is 0 Å². The zero-order chi connectivity index (χ0) is 15.4. The Morgan fingerprint density at radius 2 is 2.05 bits per heavy atom. The van der Waals surface area contributed by atoms with Crippen molar-refractivity contribution in [2.45, 2.75) is 13.8 Å². The molecule has 6 heteroatoms. The van der Waals surface area contributed by atoms with Gasteiger partial charge in [-0.3, -0.25) is 4.79 Å². The highest BCUT2D eigenvalue weighted by Gasteiger charge is 2.15. The van der Waals surface area contributed by atoms with Gasteiger partial charge in [-0.2, -0.15) is 0 Å². The Labute approximate surface area is 121 Å². The molecule has 0 spiro atoms. The number of nitrogens with one attached hydrogen (secondary N) is 2. The maximum Gasteiger partial charge on any atom is 0.256 e. The van der Waals surface area contributed by atoms with E-state index in [9.17, 15) is 13.6 Å². The molecule has 0 saturated heterocycles. The molecule has 1 aromatic heterocycles. The second-order valence-corrected chi connectivity index (χ2v) is 4.47. The smallest absolute Gasteiger partial charge is 0.256 e. The quantitative estimate of drug-likeness (QED) is 0.908. The molecule has 0 bridgehead atoms. The van der Waals surface area contributed by atoms with Crippen LogP contribution in [0.1, 0.15) is 22.8 Å². The summed E-state index contributed by atoms with van der Waals surface area (Å²) in [6, 6.07) is 5.42. The van der Waals surface area contributed by atoms with Crippen molar-refractivity contribution in [2.24, 2.45) is 0 Å². The lowest BCUT2D eigenvalue weighted by Gasteiger charge is -2.10. The Morgan fingerprint density at radius 1 is 1.29 bits per heavy atom. The van der Waals surface area contributed by atoms with Crippen LogP contribution in [0.2, 0.25) is 0 Å². The van der Waals surface area contributed by atoms with Gasteiger partial charge >= 0.3 is 0 Å². The minimum absolute atomic E-state index is 0.259. The minimum atomic E-state index is -0.813. The van der Waals surface area contributed by atoms with Crippen LogP contribution in [-0.2, 0) is 0 Å². The Balaban J connectivity index is 2.26. The first-order chi connectivity index (χ1) is 10.0. The van der Waals surface area contributed by atoms with E-state index >= 15 is 0 Å². The predicted molar refractivity (Wildman–Crippen MR) is 77.4 cm³/mol. The number of carbonyl (C=O) groups excluding carboxylic acids is 1. The van der Waals surface area contributed by atoms with E-state index in [1.54, 1.807) is 0 Å². The lowest BCUT2D eigenvalue weighted by molar-refractivity contribution is 0.102. The summed E-state index contributed by atoms with van der Waals surface area (Å²) in [5, 5.41) is 5.22. The molecule has 110 valence electrons. The van der Waals surface area contributed by atoms with Crippen LogP contribution in [0.3, 0.4) is 0 Å². The van der Waals surface area contributed by atoms with Crippen LogP contribution in [0.4, 0.5) is 20.3 Å². The number of anilines is 2. The molecule has 0 saturated carbocycles. The average molecular weight is 291 g/mol. The summed E-state index contributed by atoms with van der Waals surface area (Å²) < 4.78 is 27.5. The number of aromatic nitrogens is 1. The zero-order valence-electron chi connectivity index (χ0n) is 11.7. The van der Waals surface area contributed by atoms with E-state index in [-0.39, 0.29) is 11.1 Å². The fraction of sp³-hybridized carbons (Fsp3) is 0.200. The highest BCUT2D eigenvalue weighted by molar-refractivity contribution is 6.04. The summed E-state index contributed by atoms with van der Waals surface area (Å²) in [4.78, 5) is 16.1. The Morgan fingerprint density at radius 3 is 2.76 bits per heavy atom. The zero-order valence-corrected chi connectivity index (χ0v) is 11.7. The van der Waals surface area contributed by atoms with Crippen molar-refractivity contribution in [1.82, 2.24) is 4.98 Å². The molecular formula is C15H15F2N3O. The van der Waals surface area contributed by atoms with Crippen molar-refractivity contribution >= 4 is 17.4 Å². The highest BCUT2D eigenvalue weighted by Crippen LogP contribution is 2.22. The number of aryl methyl sites for hydroxylation is 1. The summed E-state index contributed by atoms with van der Waals surface area (Å²) in [6.07, 6.45) is 1.45. The van der Waals surface area contributed by atoms with Crippen molar-refractivity contribution in [3.05, 3.63) is 53.2 Å². The van der Waals surface area contributed by atoms with Gasteiger partial charge in [0, 0.05) is 18.3 Å². The van der Waals surface area contributed by atoms with Gasteiger partial charge in [-0.1, -0.05) is 6.07 Å². The number of nitrogens with zero attached hydrogens (tertiary/aromatic N) is 1. The highest BCUT2D eigenvalue weighted by atomic mass is 19.1. The van der Waals surface area contributed by atoms with Crippen molar-refractivity contribution < 1.29 is 13.6 Å². The number of pyridine rings is 1. The maximum atomic E-state index is 13.9. The third kappa shape index (κ3) is 3.34. The lowest BCUT2D eigenvalue weighted by atomic mass is 10.2. The van der Waals surface area contributed by atoms with Gasteiger partial charge in [-0.25, -0.2) is 13.8 Å². The molecule has 0 atom stereocenters. The van der Waals surface area contributed by atoms with Crippen LogP contribution in [-0.4, -0.2) is 17.4 Å². The first kappa shape index (κ1) is 14.9. The van der Waals surface area contributed by atoms with Gasteiger partial charge in [0.25, 0.3) is 5.91 Å². The van der Waals surface area contributed by atoms with Crippen molar-refractivity contribution in [3.8, 4) is 0 Å². The molecule has 2 rings (SSSR count). The van der Waals surface area contributed by atoms with Crippen LogP contribution in [0.25, 0.3) is 0 Å². The summed E-state index contributed by atoms with van der Waals surface area (Å²) in [6.45, 7) is 4.05. The number of carbonyl (C=O) groups is 1. The Kier molecular flexibility index (Phi) is 4.47. The summed E-state index contributed by atoms with van der Waals surface area (Å²) >= 11 is 0. The lowest BCUT2D eigenvalue weighted by Crippen LogP contribution is -2.15. The minimum Gasteiger partial charge on any atom is -0.370 e. The topological polar surface area (TPSA) is 54.0 Å². The van der Waals surface area contributed by atoms with E-state index in [2.05, 4.69) is 15.6 Å². The Bertz CT molecular complexity index is 674. The SMILES string of the molecule is CCNc1cc(C(=O)Nc2c(F)ccc(C)c2F)ccn1. The molecule has 1 amide bonds. The van der Waals surface area contributed by atoms with Gasteiger partial charge in [0.1, 0.15) is 17.3 Å². The summed E-state index contributed by atoms with van der Waals surface area (Å²) in [7, 11) is 0. The normalized spacial score (nSPS) is 10.3. The summed E-state index contributed by atoms with van der Waals surface area (Å²) in [5.41, 5.74) is 0.0813. The van der Waals surface area contributed by atoms with E-state index in [1.165, 1.54) is 31.3 Å². The second kappa shape index (κ2) is 6.30. The van der Waals surface area contributed by atoms with Gasteiger partial charge < -0.3 is 10.6 Å². The fourth-order valence-electron chi connectivity index (χ4n) is 1.81. The van der Waals surface area contributed by atoms with Crippen molar-refractivity contribution in [2.75, 3.05) is 17.2 Å². The van der Waals surface area contributed by atoms with Crippen molar-refractivity contribution in [3.63, 3.8) is 0 Å². The number of halogens is 2. The van der Waals surface area contributed by atoms with Gasteiger partial charge in [-0.15, -0.1) is 0 Å². The largest absolute Gasteiger partial charge is 0.370 e. The number of rotatable bonds is 4. The molecule has 0 aliphatic rings. The molecular weight excluding hydrogens is 276 g/mol. The fourth-order valence-corrected chi connectivity index (χ4v) is 1.81. The van der Waals surface area contributed by atoms with E-state index in [0.717, 1.165) is 6.07 Å². The maximum absolute atomic E-state index is 13.9. The monoisotopic (exact) mass is 291 g/mol. The third-order valence-corrected chi connectivity index (χ3v) is 2.90. The first-order valence-corrected chi connectivity index (χ1v) is 6.48. The summed E-state index contributed by atoms with van der Waals surface area (Å²) in [5.74, 6) is -1.66. The molecule has 2 aromatic rings. The molecule has 0 aliphatic heterocycles. The molecule has 1 aromatic carbocycles. The van der Waals surface area contributed by atoms with E-state index in [1.807, 2.05) is 6.92 Å². The number of benzene rings is 1. The van der Waals surface area contributed by atoms with E-state index in [4.69, 9.17) is 0 Å². The van der Waals surface area contributed by atoms with Crippen LogP contribution in [0.5, 0.6) is 0 Å². The molecule has 0 radical (unpaired) electrons. The van der Waals surface area contributed by atoms with Gasteiger partial charge in [0.05, 0.1) is 0 Å². The number of hydrogen-bond acceptors (Lipinski definition) is 3. The van der Waals surface area contributed by atoms with E-state index < -0.39 is 23.2 Å². The molecule has 0 unspecified atom stereocenters. The molecule has 2 N–H and O–H groups in total. The molecule has 21 heavy (non-hydrogen) atoms. The number of amides is 1. The van der Waals surface area contributed by atoms with Crippen LogP contribution < -0.4 is 10.6 Å². The standard InChI is InChI=1S/C15H15F2N3O/c1-3-18-12-8-10(6-7-19-12)15(21)20-14-11(16)5-4-9(2)13(14)17/h4-8H,3H2,1-2H3,(H,18,19)(H,20,21). The predicted octanol–water partition coefficient (Wildman–Crippen LogP) is 3.35. The Hall–Kier alpha value is -2.50. The third-order valence-electron chi connectivity index (χ3n) is 2.90. The molecule has 0 aliphatic carbocycles. The van der Waals surface area contributed by atoms with Gasteiger partial charge in [-0.05, 0) is 37.6 Å². The second-order valence-electron chi connectivity index (χ2n) is 4.47. The van der Waals surface area contributed by atoms with Gasteiger partial charge in [0.15, 0.2) is 5.82 Å². The molecule has 4 nitrogen and oxygen atoms in total. The van der Waals surface area contributed by atoms with Crippen molar-refractivity contribution in [1.29, 1.82) is 0 Å². The molecule has 0 fully saturated rings. The van der Waals surface area contributed by atoms with Gasteiger partial charge in [0.2, 0.25) is 0 Å².